The van der Waals surface area contributed by atoms with Crippen LogP contribution in [0.5, 0.6) is 5.75 Å². The van der Waals surface area contributed by atoms with Gasteiger partial charge in [-0.05, 0) is 40.2 Å². The van der Waals surface area contributed by atoms with Crippen molar-refractivity contribution in [1.82, 2.24) is 4.98 Å². The fraction of sp³-hybridized carbons (Fsp3) is 0.0833. The van der Waals surface area contributed by atoms with E-state index in [1.54, 1.807) is 18.3 Å². The van der Waals surface area contributed by atoms with Gasteiger partial charge >= 0.3 is 0 Å². The molecule has 2 rings (SSSR count). The third kappa shape index (κ3) is 3.02. The molecule has 1 heterocycles. The number of hydrogen-bond acceptors (Lipinski definition) is 5. The molecule has 0 spiro atoms. The van der Waals surface area contributed by atoms with Crippen LogP contribution in [-0.2, 0) is 10.0 Å². The van der Waals surface area contributed by atoms with Crippen molar-refractivity contribution in [1.29, 1.82) is 0 Å². The number of nitrogens with one attached hydrogen (secondary N) is 1. The molecular formula is C12H12BrN3O3S. The van der Waals surface area contributed by atoms with E-state index in [-0.39, 0.29) is 10.6 Å². The van der Waals surface area contributed by atoms with E-state index in [1.807, 2.05) is 0 Å². The minimum Gasteiger partial charge on any atom is -0.495 e. The Kier molecular flexibility index (Phi) is 4.15. The van der Waals surface area contributed by atoms with Crippen LogP contribution in [0, 0.1) is 0 Å². The molecule has 1 aromatic carbocycles. The maximum atomic E-state index is 12.4. The summed E-state index contributed by atoms with van der Waals surface area (Å²) in [6, 6.07) is 6.07. The van der Waals surface area contributed by atoms with Crippen molar-refractivity contribution in [2.24, 2.45) is 0 Å². The molecule has 106 valence electrons. The summed E-state index contributed by atoms with van der Waals surface area (Å²) in [7, 11) is -2.42. The Balaban J connectivity index is 2.47. The van der Waals surface area contributed by atoms with Crippen molar-refractivity contribution in [3.05, 3.63) is 41.1 Å². The Hall–Kier alpha value is -1.80. The van der Waals surface area contributed by atoms with Gasteiger partial charge in [0.2, 0.25) is 0 Å². The van der Waals surface area contributed by atoms with Crippen molar-refractivity contribution >= 4 is 37.3 Å². The number of halogens is 1. The van der Waals surface area contributed by atoms with E-state index < -0.39 is 10.0 Å². The Morgan fingerprint density at radius 3 is 2.75 bits per heavy atom. The van der Waals surface area contributed by atoms with Gasteiger partial charge in [-0.2, -0.15) is 0 Å². The van der Waals surface area contributed by atoms with Gasteiger partial charge < -0.3 is 10.5 Å². The summed E-state index contributed by atoms with van der Waals surface area (Å²) < 4.78 is 32.8. The molecule has 0 atom stereocenters. The van der Waals surface area contributed by atoms with Crippen LogP contribution >= 0.6 is 15.9 Å². The molecule has 0 radical (unpaired) electrons. The van der Waals surface area contributed by atoms with E-state index in [9.17, 15) is 8.42 Å². The lowest BCUT2D eigenvalue weighted by Gasteiger charge is -2.13. The summed E-state index contributed by atoms with van der Waals surface area (Å²) in [4.78, 5) is 3.81. The predicted octanol–water partition coefficient (Wildman–Crippen LogP) is 2.24. The number of nitrogens with zero attached hydrogens (tertiary/aromatic N) is 1. The Bertz CT molecular complexity index is 720. The van der Waals surface area contributed by atoms with Gasteiger partial charge in [0, 0.05) is 16.4 Å². The van der Waals surface area contributed by atoms with Crippen LogP contribution in [-0.4, -0.2) is 20.5 Å². The summed E-state index contributed by atoms with van der Waals surface area (Å²) in [5, 5.41) is 0. The maximum Gasteiger partial charge on any atom is 0.265 e. The lowest BCUT2D eigenvalue weighted by atomic mass is 10.3. The second-order valence-electron chi connectivity index (χ2n) is 3.87. The maximum absolute atomic E-state index is 12.4. The highest BCUT2D eigenvalue weighted by Gasteiger charge is 2.21. The normalized spacial score (nSPS) is 11.1. The number of ether oxygens (including phenoxy) is 1. The second kappa shape index (κ2) is 5.68. The number of pyridine rings is 1. The van der Waals surface area contributed by atoms with Gasteiger partial charge in [-0.3, -0.25) is 9.71 Å². The van der Waals surface area contributed by atoms with Gasteiger partial charge in [0.15, 0.2) is 0 Å². The van der Waals surface area contributed by atoms with Crippen LogP contribution in [0.1, 0.15) is 0 Å². The van der Waals surface area contributed by atoms with Crippen molar-refractivity contribution < 1.29 is 13.2 Å². The molecule has 0 aliphatic carbocycles. The first-order valence-corrected chi connectivity index (χ1v) is 7.77. The number of aromatic nitrogens is 1. The molecule has 0 bridgehead atoms. The third-order valence-electron chi connectivity index (χ3n) is 2.49. The van der Waals surface area contributed by atoms with Crippen LogP contribution in [0.25, 0.3) is 0 Å². The first-order chi connectivity index (χ1) is 9.44. The molecule has 6 nitrogen and oxygen atoms in total. The fourth-order valence-electron chi connectivity index (χ4n) is 1.55. The van der Waals surface area contributed by atoms with E-state index in [0.717, 1.165) is 0 Å². The van der Waals surface area contributed by atoms with Crippen molar-refractivity contribution in [2.75, 3.05) is 17.6 Å². The van der Waals surface area contributed by atoms with Crippen molar-refractivity contribution in [3.8, 4) is 5.75 Å². The quantitative estimate of drug-likeness (QED) is 0.818. The molecule has 0 saturated carbocycles. The number of sulfonamides is 1. The molecule has 8 heteroatoms. The second-order valence-corrected chi connectivity index (χ2v) is 6.38. The SMILES string of the molecule is COc1cc(Br)c(N)cc1S(=O)(=O)Nc1cccnc1. The van der Waals surface area contributed by atoms with E-state index in [1.165, 1.54) is 25.4 Å². The lowest BCUT2D eigenvalue weighted by molar-refractivity contribution is 0.402. The lowest BCUT2D eigenvalue weighted by Crippen LogP contribution is -2.14. The molecule has 20 heavy (non-hydrogen) atoms. The molecule has 0 amide bonds. The van der Waals surface area contributed by atoms with E-state index in [2.05, 4.69) is 25.6 Å². The zero-order chi connectivity index (χ0) is 14.8. The van der Waals surface area contributed by atoms with Gasteiger partial charge in [-0.25, -0.2) is 8.42 Å². The number of rotatable bonds is 4. The number of anilines is 2. The number of nitrogens with two attached hydrogens (primary N) is 1. The first kappa shape index (κ1) is 14.6. The molecule has 0 saturated heterocycles. The minimum atomic E-state index is -3.81. The number of benzene rings is 1. The van der Waals surface area contributed by atoms with Crippen molar-refractivity contribution in [2.45, 2.75) is 4.90 Å². The largest absolute Gasteiger partial charge is 0.495 e. The van der Waals surface area contributed by atoms with Crippen LogP contribution in [0.15, 0.2) is 46.0 Å². The van der Waals surface area contributed by atoms with Gasteiger partial charge in [0.05, 0.1) is 19.0 Å². The third-order valence-corrected chi connectivity index (χ3v) is 4.58. The highest BCUT2D eigenvalue weighted by molar-refractivity contribution is 9.10. The molecule has 0 aliphatic heterocycles. The van der Waals surface area contributed by atoms with Gasteiger partial charge in [0.1, 0.15) is 10.6 Å². The highest BCUT2D eigenvalue weighted by Crippen LogP contribution is 2.33. The summed E-state index contributed by atoms with van der Waals surface area (Å²) in [6.07, 6.45) is 2.96. The number of methoxy groups -OCH3 is 1. The van der Waals surface area contributed by atoms with Crippen molar-refractivity contribution in [3.63, 3.8) is 0 Å². The van der Waals surface area contributed by atoms with E-state index in [0.29, 0.717) is 15.8 Å². The van der Waals surface area contributed by atoms with Crippen LogP contribution in [0.4, 0.5) is 11.4 Å². The monoisotopic (exact) mass is 357 g/mol. The first-order valence-electron chi connectivity index (χ1n) is 5.50. The molecule has 0 fully saturated rings. The minimum absolute atomic E-state index is 0.0375. The molecule has 0 aliphatic rings. The topological polar surface area (TPSA) is 94.3 Å². The summed E-state index contributed by atoms with van der Waals surface area (Å²) in [6.45, 7) is 0. The highest BCUT2D eigenvalue weighted by atomic mass is 79.9. The predicted molar refractivity (Wildman–Crippen MR) is 80.2 cm³/mol. The smallest absolute Gasteiger partial charge is 0.265 e. The molecule has 0 unspecified atom stereocenters. The average molecular weight is 358 g/mol. The van der Waals surface area contributed by atoms with E-state index >= 15 is 0 Å². The van der Waals surface area contributed by atoms with E-state index in [4.69, 9.17) is 10.5 Å². The molecule has 2 aromatic rings. The van der Waals surface area contributed by atoms with Gasteiger partial charge in [0.25, 0.3) is 10.0 Å². The molecular weight excluding hydrogens is 346 g/mol. The Morgan fingerprint density at radius 2 is 2.15 bits per heavy atom. The van der Waals surface area contributed by atoms with Gasteiger partial charge in [-0.1, -0.05) is 0 Å². The zero-order valence-electron chi connectivity index (χ0n) is 10.5. The summed E-state index contributed by atoms with van der Waals surface area (Å²) in [5.41, 5.74) is 6.39. The summed E-state index contributed by atoms with van der Waals surface area (Å²) >= 11 is 3.22. The average Bonchev–Trinajstić information content (AvgIpc) is 2.42. The van der Waals surface area contributed by atoms with Crippen LogP contribution in [0.2, 0.25) is 0 Å². The molecule has 3 N–H and O–H groups in total. The zero-order valence-corrected chi connectivity index (χ0v) is 12.9. The van der Waals surface area contributed by atoms with Gasteiger partial charge in [-0.15, -0.1) is 0 Å². The summed E-state index contributed by atoms with van der Waals surface area (Å²) in [5.74, 6) is 0.197. The number of hydrogen-bond donors (Lipinski definition) is 2. The number of nitrogen functional groups attached to an aromatic ring is 1. The Labute approximate surface area is 125 Å². The van der Waals surface area contributed by atoms with Crippen LogP contribution < -0.4 is 15.2 Å². The fourth-order valence-corrected chi connectivity index (χ4v) is 3.11. The Morgan fingerprint density at radius 1 is 1.40 bits per heavy atom. The molecule has 1 aromatic heterocycles. The standard InChI is InChI=1S/C12H12BrN3O3S/c1-19-11-5-9(13)10(14)6-12(11)20(17,18)16-8-3-2-4-15-7-8/h2-7,16H,14H2,1H3. The van der Waals surface area contributed by atoms with Crippen LogP contribution in [0.3, 0.4) is 0 Å².